The number of aryl methyl sites for hydroxylation is 2. The maximum absolute atomic E-state index is 10.9. The lowest BCUT2D eigenvalue weighted by Crippen LogP contribution is -2.27. The normalized spacial score (nSPS) is 19.6. The van der Waals surface area contributed by atoms with Crippen molar-refractivity contribution in [3.8, 4) is 0 Å². The molecule has 1 fully saturated rings. The number of carboxylic acids is 1. The number of hydrogen-bond acceptors (Lipinski definition) is 2. The van der Waals surface area contributed by atoms with Gasteiger partial charge in [-0.1, -0.05) is 35.9 Å². The lowest BCUT2D eigenvalue weighted by Gasteiger charge is -2.25. The summed E-state index contributed by atoms with van der Waals surface area (Å²) >= 11 is 0. The fourth-order valence-electron chi connectivity index (χ4n) is 2.91. The van der Waals surface area contributed by atoms with Crippen LogP contribution >= 0.6 is 0 Å². The van der Waals surface area contributed by atoms with Crippen LogP contribution < -0.4 is 0 Å². The van der Waals surface area contributed by atoms with Crippen LogP contribution in [0.15, 0.2) is 30.4 Å². The zero-order chi connectivity index (χ0) is 14.0. The molecule has 0 saturated carbocycles. The third kappa shape index (κ3) is 3.24. The van der Waals surface area contributed by atoms with Crippen LogP contribution in [0.5, 0.6) is 0 Å². The summed E-state index contributed by atoms with van der Waals surface area (Å²) in [6, 6.07) is 6.91. The molecule has 0 aromatic heterocycles. The summed E-state index contributed by atoms with van der Waals surface area (Å²) in [5.41, 5.74) is 4.10. The van der Waals surface area contributed by atoms with Gasteiger partial charge in [0.15, 0.2) is 0 Å². The first-order chi connectivity index (χ1) is 8.97. The lowest BCUT2D eigenvalue weighted by molar-refractivity contribution is -0.132. The lowest BCUT2D eigenvalue weighted by atomic mass is 9.99. The smallest absolute Gasteiger partial charge is 0.332 e. The summed E-state index contributed by atoms with van der Waals surface area (Å²) < 4.78 is 0. The number of benzene rings is 1. The van der Waals surface area contributed by atoms with E-state index in [4.69, 9.17) is 5.11 Å². The average molecular weight is 259 g/mol. The van der Waals surface area contributed by atoms with Crippen molar-refractivity contribution in [2.75, 3.05) is 13.1 Å². The van der Waals surface area contributed by atoms with Crippen LogP contribution in [0, 0.1) is 13.8 Å². The molecule has 3 heteroatoms. The van der Waals surface area contributed by atoms with E-state index in [0.717, 1.165) is 19.4 Å². The SMILES string of the molecule is C=C(CN1CCCC1c1cc(C)cc(C)c1)C(=O)O. The van der Waals surface area contributed by atoms with E-state index in [1.165, 1.54) is 16.7 Å². The first-order valence-electron chi connectivity index (χ1n) is 6.70. The molecule has 1 aliphatic heterocycles. The molecule has 0 spiro atoms. The zero-order valence-electron chi connectivity index (χ0n) is 11.6. The molecule has 1 N–H and O–H groups in total. The van der Waals surface area contributed by atoms with Gasteiger partial charge in [0.05, 0.1) is 0 Å². The Kier molecular flexibility index (Phi) is 4.05. The number of carbonyl (C=O) groups is 1. The van der Waals surface area contributed by atoms with Crippen LogP contribution in [0.4, 0.5) is 0 Å². The van der Waals surface area contributed by atoms with Gasteiger partial charge in [0.2, 0.25) is 0 Å². The van der Waals surface area contributed by atoms with Crippen molar-refractivity contribution in [1.82, 2.24) is 4.90 Å². The van der Waals surface area contributed by atoms with E-state index >= 15 is 0 Å². The van der Waals surface area contributed by atoms with Gasteiger partial charge in [0.25, 0.3) is 0 Å². The van der Waals surface area contributed by atoms with Crippen molar-refractivity contribution in [2.45, 2.75) is 32.7 Å². The van der Waals surface area contributed by atoms with Gasteiger partial charge in [-0.15, -0.1) is 0 Å². The molecule has 1 atom stereocenters. The highest BCUT2D eigenvalue weighted by Gasteiger charge is 2.27. The molecule has 1 aromatic carbocycles. The van der Waals surface area contributed by atoms with E-state index in [1.807, 2.05) is 0 Å². The second kappa shape index (κ2) is 5.57. The molecule has 1 unspecified atom stereocenters. The molecule has 1 heterocycles. The fourth-order valence-corrected chi connectivity index (χ4v) is 2.91. The molecule has 0 aliphatic carbocycles. The van der Waals surface area contributed by atoms with Crippen molar-refractivity contribution >= 4 is 5.97 Å². The zero-order valence-corrected chi connectivity index (χ0v) is 11.6. The first kappa shape index (κ1) is 13.8. The number of nitrogens with zero attached hydrogens (tertiary/aromatic N) is 1. The second-order valence-corrected chi connectivity index (χ2v) is 5.46. The van der Waals surface area contributed by atoms with E-state index in [2.05, 4.69) is 43.5 Å². The standard InChI is InChI=1S/C16H21NO2/c1-11-7-12(2)9-14(8-11)15-5-4-6-17(15)10-13(3)16(18)19/h7-9,15H,3-6,10H2,1-2H3,(H,18,19). The van der Waals surface area contributed by atoms with E-state index in [-0.39, 0.29) is 5.57 Å². The summed E-state index contributed by atoms with van der Waals surface area (Å²) in [5, 5.41) is 8.96. The van der Waals surface area contributed by atoms with Gasteiger partial charge >= 0.3 is 5.97 Å². The molecular formula is C16H21NO2. The maximum Gasteiger partial charge on any atom is 0.332 e. The molecule has 1 aliphatic rings. The molecule has 1 saturated heterocycles. The Morgan fingerprint density at radius 2 is 2.00 bits per heavy atom. The molecule has 102 valence electrons. The fraction of sp³-hybridized carbons (Fsp3) is 0.438. The van der Waals surface area contributed by atoms with Gasteiger partial charge < -0.3 is 5.11 Å². The third-order valence-electron chi connectivity index (χ3n) is 3.69. The number of hydrogen-bond donors (Lipinski definition) is 1. The largest absolute Gasteiger partial charge is 0.478 e. The summed E-state index contributed by atoms with van der Waals surface area (Å²) in [5.74, 6) is -0.897. The van der Waals surface area contributed by atoms with Gasteiger partial charge in [-0.3, -0.25) is 4.90 Å². The van der Waals surface area contributed by atoms with Gasteiger partial charge in [-0.25, -0.2) is 4.79 Å². The summed E-state index contributed by atoms with van der Waals surface area (Å²) in [4.78, 5) is 13.1. The Labute approximate surface area is 114 Å². The van der Waals surface area contributed by atoms with Crippen LogP contribution in [0.2, 0.25) is 0 Å². The van der Waals surface area contributed by atoms with Gasteiger partial charge in [-0.2, -0.15) is 0 Å². The van der Waals surface area contributed by atoms with Gasteiger partial charge in [-0.05, 0) is 38.8 Å². The number of likely N-dealkylation sites (tertiary alicyclic amines) is 1. The topological polar surface area (TPSA) is 40.5 Å². The molecular weight excluding hydrogens is 238 g/mol. The second-order valence-electron chi connectivity index (χ2n) is 5.46. The first-order valence-corrected chi connectivity index (χ1v) is 6.70. The van der Waals surface area contributed by atoms with E-state index in [9.17, 15) is 4.79 Å². The number of carboxylic acid groups (broad SMARTS) is 1. The predicted octanol–water partition coefficient (Wildman–Crippen LogP) is 3.08. The molecule has 1 aromatic rings. The van der Waals surface area contributed by atoms with Crippen molar-refractivity contribution in [2.24, 2.45) is 0 Å². The van der Waals surface area contributed by atoms with Crippen LogP contribution in [-0.2, 0) is 4.79 Å². The monoisotopic (exact) mass is 259 g/mol. The molecule has 0 bridgehead atoms. The minimum absolute atomic E-state index is 0.274. The number of aliphatic carboxylic acids is 1. The van der Waals surface area contributed by atoms with Crippen LogP contribution in [0.3, 0.4) is 0 Å². The van der Waals surface area contributed by atoms with Crippen LogP contribution in [-0.4, -0.2) is 29.1 Å². The van der Waals surface area contributed by atoms with Crippen molar-refractivity contribution in [3.05, 3.63) is 47.0 Å². The highest BCUT2D eigenvalue weighted by Crippen LogP contribution is 2.33. The van der Waals surface area contributed by atoms with Crippen molar-refractivity contribution in [3.63, 3.8) is 0 Å². The Morgan fingerprint density at radius 1 is 1.37 bits per heavy atom. The van der Waals surface area contributed by atoms with E-state index in [1.54, 1.807) is 0 Å². The summed E-state index contributed by atoms with van der Waals surface area (Å²) in [6.45, 7) is 9.25. The minimum Gasteiger partial charge on any atom is -0.478 e. The van der Waals surface area contributed by atoms with Gasteiger partial charge in [0, 0.05) is 18.2 Å². The number of rotatable bonds is 4. The third-order valence-corrected chi connectivity index (χ3v) is 3.69. The molecule has 0 radical (unpaired) electrons. The highest BCUT2D eigenvalue weighted by molar-refractivity contribution is 5.86. The quantitative estimate of drug-likeness (QED) is 0.845. The Balaban J connectivity index is 2.18. The summed E-state index contributed by atoms with van der Waals surface area (Å²) in [7, 11) is 0. The Morgan fingerprint density at radius 3 is 2.58 bits per heavy atom. The average Bonchev–Trinajstić information content (AvgIpc) is 2.75. The Bertz CT molecular complexity index is 487. The molecule has 3 nitrogen and oxygen atoms in total. The predicted molar refractivity (Wildman–Crippen MR) is 76.2 cm³/mol. The highest BCUT2D eigenvalue weighted by atomic mass is 16.4. The van der Waals surface area contributed by atoms with Crippen LogP contribution in [0.25, 0.3) is 0 Å². The van der Waals surface area contributed by atoms with Crippen molar-refractivity contribution in [1.29, 1.82) is 0 Å². The van der Waals surface area contributed by atoms with Crippen LogP contribution in [0.1, 0.15) is 35.6 Å². The van der Waals surface area contributed by atoms with Gasteiger partial charge in [0.1, 0.15) is 0 Å². The maximum atomic E-state index is 10.9. The molecule has 2 rings (SSSR count). The summed E-state index contributed by atoms with van der Waals surface area (Å²) in [6.07, 6.45) is 2.21. The Hall–Kier alpha value is -1.61. The molecule has 0 amide bonds. The minimum atomic E-state index is -0.897. The molecule has 19 heavy (non-hydrogen) atoms. The van der Waals surface area contributed by atoms with E-state index in [0.29, 0.717) is 12.6 Å². The van der Waals surface area contributed by atoms with Crippen molar-refractivity contribution < 1.29 is 9.90 Å². The van der Waals surface area contributed by atoms with E-state index < -0.39 is 5.97 Å².